The van der Waals surface area contributed by atoms with Crippen molar-refractivity contribution in [1.82, 2.24) is 15.8 Å². The highest BCUT2D eigenvalue weighted by molar-refractivity contribution is 5.72. The summed E-state index contributed by atoms with van der Waals surface area (Å²) in [7, 11) is 1.85. The Balaban J connectivity index is 1.62. The van der Waals surface area contributed by atoms with Crippen LogP contribution < -0.4 is 10.9 Å². The number of unbranched alkanes of at least 4 members (excludes halogenated alkanes) is 2. The highest BCUT2D eigenvalue weighted by Crippen LogP contribution is 2.24. The lowest BCUT2D eigenvalue weighted by atomic mass is 9.99. The van der Waals surface area contributed by atoms with Crippen molar-refractivity contribution in [3.8, 4) is 0 Å². The Morgan fingerprint density at radius 3 is 2.64 bits per heavy atom. The minimum Gasteiger partial charge on any atom is -0.346 e. The fourth-order valence-corrected chi connectivity index (χ4v) is 2.80. The van der Waals surface area contributed by atoms with E-state index >= 15 is 0 Å². The molecule has 0 radical (unpaired) electrons. The topological polar surface area (TPSA) is 44.4 Å². The molecule has 0 spiro atoms. The van der Waals surface area contributed by atoms with Crippen molar-refractivity contribution in [1.29, 1.82) is 0 Å². The minimum absolute atomic E-state index is 0.129. The summed E-state index contributed by atoms with van der Waals surface area (Å²) in [4.78, 5) is 12.9. The maximum absolute atomic E-state index is 12.9. The molecule has 0 aliphatic carbocycles. The summed E-state index contributed by atoms with van der Waals surface area (Å²) in [6.07, 6.45) is 5.49. The summed E-state index contributed by atoms with van der Waals surface area (Å²) in [6, 6.07) is 7.42. The second-order valence-corrected chi connectivity index (χ2v) is 6.12. The fourth-order valence-electron chi connectivity index (χ4n) is 2.80. The van der Waals surface area contributed by atoms with Gasteiger partial charge >= 0.3 is 0 Å². The van der Waals surface area contributed by atoms with Gasteiger partial charge in [0.05, 0.1) is 0 Å². The molecular formula is C17H26FN3O. The van der Waals surface area contributed by atoms with Gasteiger partial charge < -0.3 is 4.90 Å². The van der Waals surface area contributed by atoms with Crippen molar-refractivity contribution in [3.63, 3.8) is 0 Å². The third-order valence-corrected chi connectivity index (χ3v) is 4.34. The zero-order chi connectivity index (χ0) is 15.9. The standard InChI is InChI=1S/C17H26FN3O/c1-13(22)21(2)11-5-3-4-6-16-12-17(20-19-16)14-7-9-15(18)10-8-14/h7-10,16-17,19-20H,3-6,11-12H2,1-2H3. The first kappa shape index (κ1) is 16.9. The number of hydrogen-bond acceptors (Lipinski definition) is 3. The third-order valence-electron chi connectivity index (χ3n) is 4.34. The van der Waals surface area contributed by atoms with Gasteiger partial charge in [-0.1, -0.05) is 25.0 Å². The molecular weight excluding hydrogens is 281 g/mol. The van der Waals surface area contributed by atoms with E-state index in [1.165, 1.54) is 12.1 Å². The highest BCUT2D eigenvalue weighted by Gasteiger charge is 2.24. The van der Waals surface area contributed by atoms with Crippen LogP contribution in [0.2, 0.25) is 0 Å². The fraction of sp³-hybridized carbons (Fsp3) is 0.588. The lowest BCUT2D eigenvalue weighted by Crippen LogP contribution is -2.30. The zero-order valence-electron chi connectivity index (χ0n) is 13.4. The Labute approximate surface area is 132 Å². The summed E-state index contributed by atoms with van der Waals surface area (Å²) in [5.74, 6) is -0.0643. The quantitative estimate of drug-likeness (QED) is 0.761. The van der Waals surface area contributed by atoms with Gasteiger partial charge in [-0.15, -0.1) is 0 Å². The second-order valence-electron chi connectivity index (χ2n) is 6.12. The van der Waals surface area contributed by atoms with Crippen molar-refractivity contribution in [2.75, 3.05) is 13.6 Å². The van der Waals surface area contributed by atoms with Crippen LogP contribution in [-0.4, -0.2) is 30.4 Å². The van der Waals surface area contributed by atoms with Crippen LogP contribution in [0.3, 0.4) is 0 Å². The number of hydrogen-bond donors (Lipinski definition) is 2. The van der Waals surface area contributed by atoms with Gasteiger partial charge in [0.1, 0.15) is 5.82 Å². The van der Waals surface area contributed by atoms with Crippen LogP contribution >= 0.6 is 0 Å². The molecule has 0 aromatic heterocycles. The molecule has 2 unspecified atom stereocenters. The second kappa shape index (κ2) is 8.25. The average molecular weight is 307 g/mol. The minimum atomic E-state index is -0.193. The maximum Gasteiger partial charge on any atom is 0.219 e. The van der Waals surface area contributed by atoms with Gasteiger partial charge in [0.15, 0.2) is 0 Å². The van der Waals surface area contributed by atoms with Crippen LogP contribution in [0, 0.1) is 5.82 Å². The molecule has 1 aliphatic rings. The van der Waals surface area contributed by atoms with Gasteiger partial charge in [-0.2, -0.15) is 0 Å². The molecule has 1 fully saturated rings. The van der Waals surface area contributed by atoms with E-state index in [-0.39, 0.29) is 17.8 Å². The molecule has 5 heteroatoms. The Kier molecular flexibility index (Phi) is 6.34. The summed E-state index contributed by atoms with van der Waals surface area (Å²) in [6.45, 7) is 2.44. The molecule has 122 valence electrons. The normalized spacial score (nSPS) is 21.0. The molecule has 2 rings (SSSR count). The summed E-state index contributed by atoms with van der Waals surface area (Å²) in [5, 5.41) is 0. The van der Waals surface area contributed by atoms with Gasteiger partial charge in [0, 0.05) is 32.6 Å². The van der Waals surface area contributed by atoms with Crippen LogP contribution in [0.5, 0.6) is 0 Å². The van der Waals surface area contributed by atoms with Crippen molar-refractivity contribution >= 4 is 5.91 Å². The lowest BCUT2D eigenvalue weighted by molar-refractivity contribution is -0.127. The van der Waals surface area contributed by atoms with Crippen molar-refractivity contribution in [2.24, 2.45) is 0 Å². The molecule has 1 amide bonds. The Morgan fingerprint density at radius 1 is 1.23 bits per heavy atom. The van der Waals surface area contributed by atoms with Crippen molar-refractivity contribution < 1.29 is 9.18 Å². The number of halogens is 1. The number of rotatable bonds is 7. The predicted octanol–water partition coefficient (Wildman–Crippen LogP) is 2.77. The Morgan fingerprint density at radius 2 is 1.95 bits per heavy atom. The van der Waals surface area contributed by atoms with E-state index < -0.39 is 0 Å². The molecule has 0 saturated carbocycles. The molecule has 1 heterocycles. The number of carbonyl (C=O) groups excluding carboxylic acids is 1. The SMILES string of the molecule is CC(=O)N(C)CCCCCC1CC(c2ccc(F)cc2)NN1. The van der Waals surface area contributed by atoms with E-state index in [9.17, 15) is 9.18 Å². The molecule has 4 nitrogen and oxygen atoms in total. The van der Waals surface area contributed by atoms with E-state index in [0.29, 0.717) is 6.04 Å². The molecule has 2 N–H and O–H groups in total. The first-order valence-electron chi connectivity index (χ1n) is 8.04. The van der Waals surface area contributed by atoms with Crippen LogP contribution in [0.15, 0.2) is 24.3 Å². The zero-order valence-corrected chi connectivity index (χ0v) is 13.4. The van der Waals surface area contributed by atoms with Crippen molar-refractivity contribution in [3.05, 3.63) is 35.6 Å². The van der Waals surface area contributed by atoms with Crippen LogP contribution in [0.1, 0.15) is 50.6 Å². The van der Waals surface area contributed by atoms with Crippen LogP contribution in [0.4, 0.5) is 4.39 Å². The molecule has 0 bridgehead atoms. The number of nitrogens with zero attached hydrogens (tertiary/aromatic N) is 1. The molecule has 1 aliphatic heterocycles. The molecule has 1 aromatic rings. The molecule has 1 aromatic carbocycles. The van der Waals surface area contributed by atoms with Crippen LogP contribution in [-0.2, 0) is 4.79 Å². The lowest BCUT2D eigenvalue weighted by Gasteiger charge is -2.14. The van der Waals surface area contributed by atoms with Gasteiger partial charge in [0.2, 0.25) is 5.91 Å². The predicted molar refractivity (Wildman–Crippen MR) is 85.6 cm³/mol. The van der Waals surface area contributed by atoms with E-state index in [4.69, 9.17) is 0 Å². The van der Waals surface area contributed by atoms with Gasteiger partial charge in [-0.3, -0.25) is 15.6 Å². The number of hydrazine groups is 1. The molecule has 22 heavy (non-hydrogen) atoms. The highest BCUT2D eigenvalue weighted by atomic mass is 19.1. The molecule has 1 saturated heterocycles. The summed E-state index contributed by atoms with van der Waals surface area (Å²) in [5.41, 5.74) is 7.75. The Bertz CT molecular complexity index is 477. The maximum atomic E-state index is 12.9. The largest absolute Gasteiger partial charge is 0.346 e. The van der Waals surface area contributed by atoms with E-state index in [1.54, 1.807) is 11.8 Å². The van der Waals surface area contributed by atoms with Gasteiger partial charge in [-0.05, 0) is 37.0 Å². The first-order chi connectivity index (χ1) is 10.6. The number of nitrogens with one attached hydrogen (secondary N) is 2. The van der Waals surface area contributed by atoms with E-state index in [0.717, 1.165) is 44.2 Å². The molecule has 2 atom stereocenters. The van der Waals surface area contributed by atoms with Crippen LogP contribution in [0.25, 0.3) is 0 Å². The number of amides is 1. The van der Waals surface area contributed by atoms with Gasteiger partial charge in [0.25, 0.3) is 0 Å². The van der Waals surface area contributed by atoms with Crippen molar-refractivity contribution in [2.45, 2.75) is 51.1 Å². The summed E-state index contributed by atoms with van der Waals surface area (Å²) < 4.78 is 12.9. The monoisotopic (exact) mass is 307 g/mol. The number of benzene rings is 1. The van der Waals surface area contributed by atoms with E-state index in [2.05, 4.69) is 10.9 Å². The smallest absolute Gasteiger partial charge is 0.219 e. The van der Waals surface area contributed by atoms with E-state index in [1.807, 2.05) is 19.2 Å². The first-order valence-corrected chi connectivity index (χ1v) is 8.04. The average Bonchev–Trinajstić information content (AvgIpc) is 2.96. The number of carbonyl (C=O) groups is 1. The summed E-state index contributed by atoms with van der Waals surface area (Å²) >= 11 is 0. The third kappa shape index (κ3) is 5.07. The van der Waals surface area contributed by atoms with Gasteiger partial charge in [-0.25, -0.2) is 4.39 Å². The Hall–Kier alpha value is -1.46.